The maximum atomic E-state index is 12.2. The number of aromatic nitrogens is 1. The number of amides is 1. The number of hydrogen-bond acceptors (Lipinski definition) is 5. The maximum Gasteiger partial charge on any atom is 0.356 e. The van der Waals surface area contributed by atoms with Gasteiger partial charge in [0, 0.05) is 23.0 Å². The molecule has 0 aliphatic rings. The number of esters is 1. The summed E-state index contributed by atoms with van der Waals surface area (Å²) >= 11 is 3.35. The van der Waals surface area contributed by atoms with Crippen LogP contribution in [0.1, 0.15) is 16.1 Å². The summed E-state index contributed by atoms with van der Waals surface area (Å²) in [6.07, 6.45) is 0. The molecule has 0 saturated carbocycles. The normalized spacial score (nSPS) is 10.6. The largest absolute Gasteiger partial charge is 0.451 e. The Kier molecular flexibility index (Phi) is 5.22. The van der Waals surface area contributed by atoms with Crippen LogP contribution in [0, 0.1) is 17.0 Å². The number of carbonyl (C=O) groups excluding carboxylic acids is 2. The first kappa shape index (κ1) is 18.6. The number of halogens is 1. The molecule has 1 heterocycles. The van der Waals surface area contributed by atoms with E-state index in [0.29, 0.717) is 10.0 Å². The molecule has 0 aliphatic heterocycles. The third-order valence-corrected chi connectivity index (χ3v) is 4.71. The zero-order valence-corrected chi connectivity index (χ0v) is 15.7. The summed E-state index contributed by atoms with van der Waals surface area (Å²) < 4.78 is 5.60. The van der Waals surface area contributed by atoms with Crippen molar-refractivity contribution < 1.29 is 19.2 Å². The molecule has 138 valence electrons. The van der Waals surface area contributed by atoms with Gasteiger partial charge in [-0.3, -0.25) is 14.9 Å². The molecule has 0 fully saturated rings. The molecule has 2 aromatic carbocycles. The Morgan fingerprint density at radius 1 is 1.26 bits per heavy atom. The summed E-state index contributed by atoms with van der Waals surface area (Å²) in [6, 6.07) is 11.4. The van der Waals surface area contributed by atoms with E-state index in [1.165, 1.54) is 18.2 Å². The minimum Gasteiger partial charge on any atom is -0.451 e. The quantitative estimate of drug-likeness (QED) is 0.360. The maximum absolute atomic E-state index is 12.2. The SMILES string of the molecule is Cc1ccc([N+](=O)[O-])cc1NC(=O)COC(=O)c1[nH]c2ccccc2c1Br. The van der Waals surface area contributed by atoms with E-state index in [4.69, 9.17) is 4.74 Å². The van der Waals surface area contributed by atoms with Crippen molar-refractivity contribution in [2.24, 2.45) is 0 Å². The van der Waals surface area contributed by atoms with Crippen LogP contribution in [0.15, 0.2) is 46.9 Å². The molecule has 0 saturated heterocycles. The summed E-state index contributed by atoms with van der Waals surface area (Å²) in [5.41, 5.74) is 1.76. The third-order valence-electron chi connectivity index (χ3n) is 3.89. The highest BCUT2D eigenvalue weighted by Crippen LogP contribution is 2.28. The van der Waals surface area contributed by atoms with Crippen molar-refractivity contribution in [2.45, 2.75) is 6.92 Å². The second-order valence-electron chi connectivity index (χ2n) is 5.74. The fourth-order valence-electron chi connectivity index (χ4n) is 2.50. The van der Waals surface area contributed by atoms with Crippen LogP contribution >= 0.6 is 15.9 Å². The van der Waals surface area contributed by atoms with Crippen LogP contribution in [0.4, 0.5) is 11.4 Å². The fourth-order valence-corrected chi connectivity index (χ4v) is 3.10. The number of carbonyl (C=O) groups is 2. The second kappa shape index (κ2) is 7.58. The first-order valence-corrected chi connectivity index (χ1v) is 8.64. The number of non-ortho nitro benzene ring substituents is 1. The van der Waals surface area contributed by atoms with Gasteiger partial charge in [-0.25, -0.2) is 4.79 Å². The van der Waals surface area contributed by atoms with Crippen molar-refractivity contribution in [1.29, 1.82) is 0 Å². The zero-order chi connectivity index (χ0) is 19.6. The summed E-state index contributed by atoms with van der Waals surface area (Å²) in [4.78, 5) is 37.5. The Labute approximate surface area is 161 Å². The van der Waals surface area contributed by atoms with Crippen LogP contribution in [0.3, 0.4) is 0 Å². The average molecular weight is 432 g/mol. The molecule has 3 aromatic rings. The van der Waals surface area contributed by atoms with Gasteiger partial charge in [-0.05, 0) is 34.5 Å². The van der Waals surface area contributed by atoms with Gasteiger partial charge >= 0.3 is 5.97 Å². The lowest BCUT2D eigenvalue weighted by molar-refractivity contribution is -0.384. The van der Waals surface area contributed by atoms with Crippen molar-refractivity contribution in [3.63, 3.8) is 0 Å². The van der Waals surface area contributed by atoms with Gasteiger partial charge < -0.3 is 15.0 Å². The van der Waals surface area contributed by atoms with Gasteiger partial charge in [-0.1, -0.05) is 24.3 Å². The van der Waals surface area contributed by atoms with E-state index in [1.54, 1.807) is 6.92 Å². The molecule has 1 aromatic heterocycles. The molecule has 0 aliphatic carbocycles. The van der Waals surface area contributed by atoms with Gasteiger partial charge in [-0.2, -0.15) is 0 Å². The number of H-pyrrole nitrogens is 1. The zero-order valence-electron chi connectivity index (χ0n) is 14.1. The van der Waals surface area contributed by atoms with E-state index in [2.05, 4.69) is 26.2 Å². The van der Waals surface area contributed by atoms with Gasteiger partial charge in [0.05, 0.1) is 15.1 Å². The van der Waals surface area contributed by atoms with Crippen LogP contribution < -0.4 is 5.32 Å². The second-order valence-corrected chi connectivity index (χ2v) is 6.53. The van der Waals surface area contributed by atoms with Gasteiger partial charge in [0.2, 0.25) is 0 Å². The van der Waals surface area contributed by atoms with E-state index in [9.17, 15) is 19.7 Å². The van der Waals surface area contributed by atoms with Crippen LogP contribution in [0.5, 0.6) is 0 Å². The van der Waals surface area contributed by atoms with E-state index in [0.717, 1.165) is 10.9 Å². The molecule has 8 nitrogen and oxygen atoms in total. The van der Waals surface area contributed by atoms with Crippen molar-refractivity contribution in [2.75, 3.05) is 11.9 Å². The molecule has 3 rings (SSSR count). The Balaban J connectivity index is 1.67. The average Bonchev–Trinajstić information content (AvgIpc) is 2.98. The number of nitrogens with one attached hydrogen (secondary N) is 2. The van der Waals surface area contributed by atoms with E-state index >= 15 is 0 Å². The number of rotatable bonds is 5. The van der Waals surface area contributed by atoms with Crippen molar-refractivity contribution >= 4 is 50.1 Å². The highest BCUT2D eigenvalue weighted by Gasteiger charge is 2.19. The van der Waals surface area contributed by atoms with Crippen LogP contribution in [0.25, 0.3) is 10.9 Å². The summed E-state index contributed by atoms with van der Waals surface area (Å²) in [7, 11) is 0. The Bertz CT molecular complexity index is 1060. The minimum absolute atomic E-state index is 0.144. The van der Waals surface area contributed by atoms with E-state index in [-0.39, 0.29) is 17.1 Å². The number of fused-ring (bicyclic) bond motifs is 1. The molecule has 9 heteroatoms. The number of nitro groups is 1. The topological polar surface area (TPSA) is 114 Å². The van der Waals surface area contributed by atoms with Crippen LogP contribution in [-0.4, -0.2) is 28.4 Å². The highest BCUT2D eigenvalue weighted by molar-refractivity contribution is 9.10. The number of nitro benzene ring substituents is 1. The molecule has 1 amide bonds. The lowest BCUT2D eigenvalue weighted by Gasteiger charge is -2.08. The lowest BCUT2D eigenvalue weighted by Crippen LogP contribution is -2.21. The highest BCUT2D eigenvalue weighted by atomic mass is 79.9. The predicted molar refractivity (Wildman–Crippen MR) is 103 cm³/mol. The first-order chi connectivity index (χ1) is 12.9. The molecule has 0 spiro atoms. The monoisotopic (exact) mass is 431 g/mol. The van der Waals surface area contributed by atoms with Crippen molar-refractivity contribution in [3.05, 3.63) is 68.3 Å². The summed E-state index contributed by atoms with van der Waals surface area (Å²) in [6.45, 7) is 1.18. The molecule has 0 bridgehead atoms. The third kappa shape index (κ3) is 3.98. The van der Waals surface area contributed by atoms with Gasteiger partial charge in [0.15, 0.2) is 6.61 Å². The van der Waals surface area contributed by atoms with Crippen molar-refractivity contribution in [1.82, 2.24) is 4.98 Å². The predicted octanol–water partition coefficient (Wildman–Crippen LogP) is 3.94. The molecule has 0 atom stereocenters. The molecule has 0 unspecified atom stereocenters. The van der Waals surface area contributed by atoms with Crippen molar-refractivity contribution in [3.8, 4) is 0 Å². The summed E-state index contributed by atoms with van der Waals surface area (Å²) in [5, 5.41) is 14.2. The van der Waals surface area contributed by atoms with Gasteiger partial charge in [0.25, 0.3) is 11.6 Å². The summed E-state index contributed by atoms with van der Waals surface area (Å²) in [5.74, 6) is -1.29. The number of nitrogens with zero attached hydrogens (tertiary/aromatic N) is 1. The Morgan fingerprint density at radius 2 is 2.00 bits per heavy atom. The Morgan fingerprint density at radius 3 is 2.70 bits per heavy atom. The first-order valence-electron chi connectivity index (χ1n) is 7.85. The number of para-hydroxylation sites is 1. The number of benzene rings is 2. The number of aryl methyl sites for hydroxylation is 1. The number of hydrogen-bond donors (Lipinski definition) is 2. The van der Waals surface area contributed by atoms with Gasteiger partial charge in [0.1, 0.15) is 5.69 Å². The molecular formula is C18H14BrN3O5. The standard InChI is InChI=1S/C18H14BrN3O5/c1-10-6-7-11(22(25)26)8-14(10)20-15(23)9-27-18(24)17-16(19)12-4-2-3-5-13(12)21-17/h2-8,21H,9H2,1H3,(H,20,23). The lowest BCUT2D eigenvalue weighted by atomic mass is 10.2. The number of anilines is 1. The Hall–Kier alpha value is -3.20. The number of aromatic amines is 1. The van der Waals surface area contributed by atoms with E-state index < -0.39 is 23.4 Å². The molecule has 0 radical (unpaired) electrons. The fraction of sp³-hybridized carbons (Fsp3) is 0.111. The number of ether oxygens (including phenoxy) is 1. The minimum atomic E-state index is -0.691. The molecule has 27 heavy (non-hydrogen) atoms. The van der Waals surface area contributed by atoms with Crippen LogP contribution in [-0.2, 0) is 9.53 Å². The smallest absolute Gasteiger partial charge is 0.356 e. The van der Waals surface area contributed by atoms with Gasteiger partial charge in [-0.15, -0.1) is 0 Å². The van der Waals surface area contributed by atoms with Crippen LogP contribution in [0.2, 0.25) is 0 Å². The molecular weight excluding hydrogens is 418 g/mol. The van der Waals surface area contributed by atoms with E-state index in [1.807, 2.05) is 24.3 Å². The molecule has 2 N–H and O–H groups in total.